The summed E-state index contributed by atoms with van der Waals surface area (Å²) in [6.45, 7) is 1.15. The molecule has 1 amide bonds. The highest BCUT2D eigenvalue weighted by atomic mass is 16.5. The lowest BCUT2D eigenvalue weighted by Crippen LogP contribution is -2.32. The minimum atomic E-state index is -0.716. The number of methoxy groups -OCH3 is 2. The number of hydrogen-bond donors (Lipinski definition) is 2. The number of likely N-dealkylation sites (tertiary alicyclic amines) is 1. The lowest BCUT2D eigenvalue weighted by atomic mass is 9.94. The SMILES string of the molecule is COc1ccc(/C(O)=C2\C(=O)C(=O)N(CCCN(C)C)C2c2c[nH]c3ccccc23)cc1OC. The highest BCUT2D eigenvalue weighted by molar-refractivity contribution is 6.46. The van der Waals surface area contributed by atoms with Crippen LogP contribution in [-0.4, -0.2) is 73.0 Å². The molecule has 1 unspecified atom stereocenters. The van der Waals surface area contributed by atoms with Gasteiger partial charge >= 0.3 is 0 Å². The van der Waals surface area contributed by atoms with Crippen LogP contribution >= 0.6 is 0 Å². The number of ether oxygens (including phenoxy) is 2. The van der Waals surface area contributed by atoms with Gasteiger partial charge in [-0.15, -0.1) is 0 Å². The summed E-state index contributed by atoms with van der Waals surface area (Å²) in [5.41, 5.74) is 2.09. The number of benzene rings is 2. The summed E-state index contributed by atoms with van der Waals surface area (Å²) in [5, 5.41) is 12.2. The van der Waals surface area contributed by atoms with Crippen molar-refractivity contribution in [3.63, 3.8) is 0 Å². The number of carbonyl (C=O) groups excluding carboxylic acids is 2. The molecule has 1 atom stereocenters. The molecule has 34 heavy (non-hydrogen) atoms. The Kier molecular flexibility index (Phi) is 6.61. The molecular weight excluding hydrogens is 434 g/mol. The van der Waals surface area contributed by atoms with Gasteiger partial charge in [0.15, 0.2) is 11.5 Å². The van der Waals surface area contributed by atoms with Crippen molar-refractivity contribution in [2.24, 2.45) is 0 Å². The number of carbonyl (C=O) groups is 2. The highest BCUT2D eigenvalue weighted by Gasteiger charge is 2.46. The quantitative estimate of drug-likeness (QED) is 0.301. The van der Waals surface area contributed by atoms with Crippen LogP contribution in [-0.2, 0) is 9.59 Å². The molecular formula is C26H29N3O5. The van der Waals surface area contributed by atoms with Crippen LogP contribution in [0.1, 0.15) is 23.6 Å². The monoisotopic (exact) mass is 463 g/mol. The number of hydrogen-bond acceptors (Lipinski definition) is 6. The maximum atomic E-state index is 13.3. The summed E-state index contributed by atoms with van der Waals surface area (Å²) in [4.78, 5) is 33.2. The van der Waals surface area contributed by atoms with Crippen LogP contribution in [0.4, 0.5) is 0 Å². The predicted molar refractivity (Wildman–Crippen MR) is 130 cm³/mol. The van der Waals surface area contributed by atoms with Crippen LogP contribution in [0, 0.1) is 0 Å². The number of aliphatic hydroxyl groups is 1. The van der Waals surface area contributed by atoms with E-state index >= 15 is 0 Å². The molecule has 0 bridgehead atoms. The number of H-pyrrole nitrogens is 1. The summed E-state index contributed by atoms with van der Waals surface area (Å²) >= 11 is 0. The molecule has 1 fully saturated rings. The predicted octanol–water partition coefficient (Wildman–Crippen LogP) is 3.56. The van der Waals surface area contributed by atoms with Crippen molar-refractivity contribution in [3.8, 4) is 11.5 Å². The zero-order chi connectivity index (χ0) is 24.4. The third-order valence-electron chi connectivity index (χ3n) is 6.12. The van der Waals surface area contributed by atoms with Crippen LogP contribution in [0.25, 0.3) is 16.7 Å². The number of nitrogens with one attached hydrogen (secondary N) is 1. The number of para-hydroxylation sites is 1. The van der Waals surface area contributed by atoms with Gasteiger partial charge in [0.25, 0.3) is 11.7 Å². The van der Waals surface area contributed by atoms with Gasteiger partial charge in [-0.05, 0) is 51.3 Å². The largest absolute Gasteiger partial charge is 0.507 e. The standard InChI is InChI=1S/C26H29N3O5/c1-28(2)12-7-13-29-23(18-15-27-19-9-6-5-8-17(18)19)22(25(31)26(29)32)24(30)16-10-11-20(33-3)21(14-16)34-4/h5-6,8-11,14-15,23,27,30H,7,12-13H2,1-4H3/b24-22+. The van der Waals surface area contributed by atoms with Gasteiger partial charge in [0.2, 0.25) is 0 Å². The molecule has 2 aromatic carbocycles. The zero-order valence-corrected chi connectivity index (χ0v) is 19.8. The number of amides is 1. The first-order valence-corrected chi connectivity index (χ1v) is 11.1. The van der Waals surface area contributed by atoms with Gasteiger partial charge in [-0.3, -0.25) is 9.59 Å². The molecule has 1 aromatic heterocycles. The molecule has 3 aromatic rings. The summed E-state index contributed by atoms with van der Waals surface area (Å²) in [7, 11) is 6.94. The number of Topliss-reactive ketones (excluding diaryl/α,β-unsaturated/α-hetero) is 1. The third-order valence-corrected chi connectivity index (χ3v) is 6.12. The molecule has 178 valence electrons. The van der Waals surface area contributed by atoms with E-state index in [-0.39, 0.29) is 11.3 Å². The van der Waals surface area contributed by atoms with Crippen molar-refractivity contribution in [2.75, 3.05) is 41.4 Å². The number of aliphatic hydroxyl groups excluding tert-OH is 1. The Bertz CT molecular complexity index is 1260. The lowest BCUT2D eigenvalue weighted by Gasteiger charge is -2.25. The fourth-order valence-electron chi connectivity index (χ4n) is 4.45. The van der Waals surface area contributed by atoms with Crippen molar-refractivity contribution < 1.29 is 24.2 Å². The first kappa shape index (κ1) is 23.4. The van der Waals surface area contributed by atoms with E-state index in [4.69, 9.17) is 9.47 Å². The molecule has 1 aliphatic heterocycles. The summed E-state index contributed by atoms with van der Waals surface area (Å²) < 4.78 is 10.6. The van der Waals surface area contributed by atoms with E-state index in [2.05, 4.69) is 4.98 Å². The molecule has 0 aliphatic carbocycles. The smallest absolute Gasteiger partial charge is 0.295 e. The maximum absolute atomic E-state index is 13.3. The second-order valence-corrected chi connectivity index (χ2v) is 8.51. The number of nitrogens with zero attached hydrogens (tertiary/aromatic N) is 2. The molecule has 1 aliphatic rings. The van der Waals surface area contributed by atoms with Crippen molar-refractivity contribution in [1.29, 1.82) is 0 Å². The van der Waals surface area contributed by atoms with Crippen LogP contribution < -0.4 is 9.47 Å². The van der Waals surface area contributed by atoms with Crippen molar-refractivity contribution in [2.45, 2.75) is 12.5 Å². The lowest BCUT2D eigenvalue weighted by molar-refractivity contribution is -0.139. The van der Waals surface area contributed by atoms with Gasteiger partial charge < -0.3 is 29.4 Å². The van der Waals surface area contributed by atoms with Crippen molar-refractivity contribution in [3.05, 3.63) is 65.4 Å². The van der Waals surface area contributed by atoms with Crippen LogP contribution in [0.15, 0.2) is 54.2 Å². The fraction of sp³-hybridized carbons (Fsp3) is 0.308. The van der Waals surface area contributed by atoms with Gasteiger partial charge in [-0.1, -0.05) is 18.2 Å². The second-order valence-electron chi connectivity index (χ2n) is 8.51. The Balaban J connectivity index is 1.87. The zero-order valence-electron chi connectivity index (χ0n) is 19.8. The van der Waals surface area contributed by atoms with Gasteiger partial charge in [0.05, 0.1) is 25.8 Å². The van der Waals surface area contributed by atoms with E-state index < -0.39 is 17.7 Å². The first-order valence-electron chi connectivity index (χ1n) is 11.1. The molecule has 1 saturated heterocycles. The Hall–Kier alpha value is -3.78. The van der Waals surface area contributed by atoms with Crippen LogP contribution in [0.2, 0.25) is 0 Å². The fourth-order valence-corrected chi connectivity index (χ4v) is 4.45. The summed E-state index contributed by atoms with van der Waals surface area (Å²) in [6, 6.07) is 11.9. The topological polar surface area (TPSA) is 95.1 Å². The van der Waals surface area contributed by atoms with Gasteiger partial charge in [0, 0.05) is 34.8 Å². The van der Waals surface area contributed by atoms with E-state index in [0.717, 1.165) is 23.0 Å². The van der Waals surface area contributed by atoms with Gasteiger partial charge in [-0.2, -0.15) is 0 Å². The number of aromatic amines is 1. The van der Waals surface area contributed by atoms with E-state index in [1.165, 1.54) is 14.2 Å². The maximum Gasteiger partial charge on any atom is 0.295 e. The van der Waals surface area contributed by atoms with Crippen LogP contribution in [0.3, 0.4) is 0 Å². The highest BCUT2D eigenvalue weighted by Crippen LogP contribution is 2.42. The first-order chi connectivity index (χ1) is 16.4. The molecule has 2 heterocycles. The Morgan fingerprint density at radius 3 is 2.53 bits per heavy atom. The van der Waals surface area contributed by atoms with Crippen LogP contribution in [0.5, 0.6) is 11.5 Å². The van der Waals surface area contributed by atoms with E-state index in [9.17, 15) is 14.7 Å². The second kappa shape index (κ2) is 9.61. The van der Waals surface area contributed by atoms with E-state index in [1.807, 2.05) is 49.5 Å². The normalized spacial score (nSPS) is 17.7. The van der Waals surface area contributed by atoms with Crippen molar-refractivity contribution >= 4 is 28.4 Å². The molecule has 0 saturated carbocycles. The minimum Gasteiger partial charge on any atom is -0.507 e. The average Bonchev–Trinajstić information content (AvgIpc) is 3.37. The molecule has 4 rings (SSSR count). The van der Waals surface area contributed by atoms with Gasteiger partial charge in [0.1, 0.15) is 5.76 Å². The third kappa shape index (κ3) is 4.12. The average molecular weight is 464 g/mol. The molecule has 8 nitrogen and oxygen atoms in total. The van der Waals surface area contributed by atoms with Gasteiger partial charge in [-0.25, -0.2) is 0 Å². The number of rotatable bonds is 8. The molecule has 8 heteroatoms. The Morgan fingerprint density at radius 1 is 1.09 bits per heavy atom. The minimum absolute atomic E-state index is 0.0619. The molecule has 0 spiro atoms. The Morgan fingerprint density at radius 2 is 1.82 bits per heavy atom. The Labute approximate surface area is 198 Å². The number of aromatic nitrogens is 1. The summed E-state index contributed by atoms with van der Waals surface area (Å²) in [5.74, 6) is -0.653. The van der Waals surface area contributed by atoms with E-state index in [1.54, 1.807) is 23.1 Å². The van der Waals surface area contributed by atoms with Crippen molar-refractivity contribution in [1.82, 2.24) is 14.8 Å². The van der Waals surface area contributed by atoms with E-state index in [0.29, 0.717) is 30.0 Å². The number of fused-ring (bicyclic) bond motifs is 1. The molecule has 0 radical (unpaired) electrons. The number of ketones is 1. The molecule has 2 N–H and O–H groups in total. The summed E-state index contributed by atoms with van der Waals surface area (Å²) in [6.07, 6.45) is 2.50.